The van der Waals surface area contributed by atoms with Crippen LogP contribution in [0.2, 0.25) is 0 Å². The summed E-state index contributed by atoms with van der Waals surface area (Å²) in [7, 11) is 2.80. The second-order valence-corrected chi connectivity index (χ2v) is 13.0. The minimum Gasteiger partial charge on any atom is -0.466 e. The van der Waals surface area contributed by atoms with Crippen LogP contribution >= 0.6 is 0 Å². The fraction of sp³-hybridized carbons (Fsp3) is 0.429. The van der Waals surface area contributed by atoms with Crippen molar-refractivity contribution in [3.05, 3.63) is 107 Å². The molecule has 9 aliphatic rings. The van der Waals surface area contributed by atoms with Crippen LogP contribution in [0.4, 0.5) is 0 Å². The van der Waals surface area contributed by atoms with Gasteiger partial charge in [-0.3, -0.25) is 0 Å². The zero-order chi connectivity index (χ0) is 27.7. The first-order valence-corrected chi connectivity index (χ1v) is 14.9. The molecule has 6 nitrogen and oxygen atoms in total. The van der Waals surface area contributed by atoms with Gasteiger partial charge < -0.3 is 9.47 Å². The van der Waals surface area contributed by atoms with Crippen molar-refractivity contribution < 1.29 is 19.1 Å². The molecule has 12 atom stereocenters. The highest BCUT2D eigenvalue weighted by atomic mass is 16.5. The van der Waals surface area contributed by atoms with Gasteiger partial charge in [0.05, 0.1) is 25.4 Å². The summed E-state index contributed by atoms with van der Waals surface area (Å²) in [6.07, 6.45) is 10.3. The molecule has 7 aliphatic carbocycles. The first-order chi connectivity index (χ1) is 20.1. The number of esters is 2. The lowest BCUT2D eigenvalue weighted by molar-refractivity contribution is -0.243. The highest BCUT2D eigenvalue weighted by Gasteiger charge is 2.83. The summed E-state index contributed by atoms with van der Waals surface area (Å²) in [5.74, 6) is 0.929. The molecule has 6 bridgehead atoms. The molecule has 11 rings (SSSR count). The third-order valence-electron chi connectivity index (χ3n) is 12.1. The van der Waals surface area contributed by atoms with Crippen LogP contribution in [-0.2, 0) is 30.1 Å². The Morgan fingerprint density at radius 3 is 1.44 bits per heavy atom. The van der Waals surface area contributed by atoms with Gasteiger partial charge in [-0.1, -0.05) is 85.0 Å². The first kappa shape index (κ1) is 23.9. The number of allylic oxidation sites excluding steroid dienone is 4. The van der Waals surface area contributed by atoms with Crippen molar-refractivity contribution in [1.29, 1.82) is 0 Å². The summed E-state index contributed by atoms with van der Waals surface area (Å²) in [4.78, 5) is 26.7. The Kier molecular flexibility index (Phi) is 4.62. The van der Waals surface area contributed by atoms with E-state index < -0.39 is 23.0 Å². The van der Waals surface area contributed by atoms with Gasteiger partial charge in [-0.25, -0.2) is 9.59 Å². The number of methoxy groups -OCH3 is 2. The molecule has 0 amide bonds. The van der Waals surface area contributed by atoms with Crippen LogP contribution in [0.15, 0.2) is 106 Å². The maximum atomic E-state index is 13.3. The van der Waals surface area contributed by atoms with E-state index in [0.717, 1.165) is 6.42 Å². The molecule has 0 radical (unpaired) electrons. The van der Waals surface area contributed by atoms with Crippen molar-refractivity contribution in [2.24, 2.45) is 69.4 Å². The fourth-order valence-corrected chi connectivity index (χ4v) is 11.2. The molecule has 2 heterocycles. The van der Waals surface area contributed by atoms with Crippen LogP contribution in [0.25, 0.3) is 0 Å². The van der Waals surface area contributed by atoms with Crippen LogP contribution in [-0.4, -0.2) is 26.2 Å². The molecule has 206 valence electrons. The number of hydrogen-bond acceptors (Lipinski definition) is 6. The lowest BCUT2D eigenvalue weighted by Crippen LogP contribution is -2.77. The van der Waals surface area contributed by atoms with E-state index in [9.17, 15) is 9.59 Å². The molecule has 0 saturated heterocycles. The molecule has 12 unspecified atom stereocenters. The average molecular weight is 545 g/mol. The molecule has 2 aromatic carbocycles. The van der Waals surface area contributed by atoms with Crippen molar-refractivity contribution in [2.45, 2.75) is 17.5 Å². The lowest BCUT2D eigenvalue weighted by Gasteiger charge is -2.76. The molecule has 2 aliphatic heterocycles. The number of nitrogens with zero attached hydrogens (tertiary/aromatic N) is 2. The fourth-order valence-electron chi connectivity index (χ4n) is 11.2. The highest BCUT2D eigenvalue weighted by molar-refractivity contribution is 6.02. The number of carbonyl (C=O) groups excluding carboxylic acids is 2. The quantitative estimate of drug-likeness (QED) is 0.369. The Morgan fingerprint density at radius 2 is 1.05 bits per heavy atom. The molecule has 6 heteroatoms. The third-order valence-corrected chi connectivity index (χ3v) is 12.1. The van der Waals surface area contributed by atoms with E-state index in [4.69, 9.17) is 19.7 Å². The van der Waals surface area contributed by atoms with Crippen molar-refractivity contribution in [1.82, 2.24) is 0 Å². The number of azo groups is 1. The van der Waals surface area contributed by atoms with Gasteiger partial charge in [0.1, 0.15) is 11.1 Å². The number of carbonyl (C=O) groups is 2. The molecule has 2 aromatic rings. The van der Waals surface area contributed by atoms with E-state index in [0.29, 0.717) is 34.8 Å². The molecular weight excluding hydrogens is 512 g/mol. The molecule has 3 fully saturated rings. The molecule has 0 spiro atoms. The Hall–Kier alpha value is -3.80. The van der Waals surface area contributed by atoms with Gasteiger partial charge in [-0.2, -0.15) is 10.2 Å². The smallest absolute Gasteiger partial charge is 0.334 e. The van der Waals surface area contributed by atoms with Gasteiger partial charge in [-0.15, -0.1) is 0 Å². The van der Waals surface area contributed by atoms with E-state index in [1.54, 1.807) is 0 Å². The SMILES string of the molecule is COC(=O)C1=C(C(=O)OC)C2C=CC1C1C2C2C1C1(c3ccccc3)N=NC2(c2ccccc2)C2C3C=CC(C3)C21. The summed E-state index contributed by atoms with van der Waals surface area (Å²) in [5, 5.41) is 10.9. The van der Waals surface area contributed by atoms with Crippen LogP contribution in [0.1, 0.15) is 17.5 Å². The molecule has 0 N–H and O–H groups in total. The first-order valence-electron chi connectivity index (χ1n) is 14.9. The average Bonchev–Trinajstić information content (AvgIpc) is 3.66. The monoisotopic (exact) mass is 544 g/mol. The zero-order valence-electron chi connectivity index (χ0n) is 23.1. The van der Waals surface area contributed by atoms with E-state index in [-0.39, 0.29) is 35.5 Å². The van der Waals surface area contributed by atoms with Crippen LogP contribution in [0.5, 0.6) is 0 Å². The number of rotatable bonds is 4. The number of benzene rings is 2. The second-order valence-electron chi connectivity index (χ2n) is 13.0. The van der Waals surface area contributed by atoms with E-state index >= 15 is 0 Å². The van der Waals surface area contributed by atoms with Crippen molar-refractivity contribution in [3.63, 3.8) is 0 Å². The van der Waals surface area contributed by atoms with E-state index in [1.807, 2.05) is 0 Å². The van der Waals surface area contributed by atoms with Gasteiger partial charge in [0.15, 0.2) is 0 Å². The standard InChI is InChI=1S/C35H32N2O4/c1-40-32(38)26-22-15-16-23(27(26)33(39)41-2)25-24(22)30-31(25)35(21-11-7-4-8-12-21)29-19-14-13-18(17-19)28(29)34(30,36-37-35)20-9-5-3-6-10-20/h3-16,18-19,22-25,28-31H,17H2,1-2H3. The predicted molar refractivity (Wildman–Crippen MR) is 150 cm³/mol. The van der Waals surface area contributed by atoms with Crippen LogP contribution in [0.3, 0.4) is 0 Å². The summed E-state index contributed by atoms with van der Waals surface area (Å²) >= 11 is 0. The third kappa shape index (κ3) is 2.54. The van der Waals surface area contributed by atoms with Gasteiger partial charge in [-0.05, 0) is 41.2 Å². The molecule has 3 saturated carbocycles. The highest BCUT2D eigenvalue weighted by Crippen LogP contribution is 2.82. The molecule has 41 heavy (non-hydrogen) atoms. The Balaban J connectivity index is 1.33. The van der Waals surface area contributed by atoms with Crippen LogP contribution in [0, 0.1) is 59.2 Å². The van der Waals surface area contributed by atoms with Crippen molar-refractivity contribution >= 4 is 11.9 Å². The molecule has 0 aromatic heterocycles. The summed E-state index contributed by atoms with van der Waals surface area (Å²) in [6.45, 7) is 0. The van der Waals surface area contributed by atoms with Gasteiger partial charge >= 0.3 is 11.9 Å². The minimum absolute atomic E-state index is 0.157. The maximum absolute atomic E-state index is 13.3. The normalized spacial score (nSPS) is 44.7. The van der Waals surface area contributed by atoms with Crippen molar-refractivity contribution in [3.8, 4) is 0 Å². The van der Waals surface area contributed by atoms with Gasteiger partial charge in [0, 0.05) is 35.5 Å². The topological polar surface area (TPSA) is 77.3 Å². The number of hydrogen-bond donors (Lipinski definition) is 0. The Bertz CT molecular complexity index is 1500. The largest absolute Gasteiger partial charge is 0.466 e. The van der Waals surface area contributed by atoms with Gasteiger partial charge in [0.2, 0.25) is 0 Å². The summed E-state index contributed by atoms with van der Waals surface area (Å²) < 4.78 is 10.6. The summed E-state index contributed by atoms with van der Waals surface area (Å²) in [6, 6.07) is 21.6. The van der Waals surface area contributed by atoms with Gasteiger partial charge in [0.25, 0.3) is 0 Å². The van der Waals surface area contributed by atoms with Crippen LogP contribution < -0.4 is 0 Å². The summed E-state index contributed by atoms with van der Waals surface area (Å²) in [5.41, 5.74) is 2.47. The Morgan fingerprint density at radius 1 is 0.634 bits per heavy atom. The lowest BCUT2D eigenvalue weighted by atomic mass is 9.29. The minimum atomic E-state index is -0.476. The van der Waals surface area contributed by atoms with E-state index in [2.05, 4.69) is 85.0 Å². The van der Waals surface area contributed by atoms with E-state index in [1.165, 1.54) is 25.3 Å². The number of fused-ring (bicyclic) bond motifs is 2. The second kappa shape index (κ2) is 7.93. The zero-order valence-corrected chi connectivity index (χ0v) is 23.1. The number of ether oxygens (including phenoxy) is 2. The Labute approximate surface area is 239 Å². The molecular formula is C35H32N2O4. The van der Waals surface area contributed by atoms with Crippen molar-refractivity contribution in [2.75, 3.05) is 14.2 Å². The maximum Gasteiger partial charge on any atom is 0.334 e. The predicted octanol–water partition coefficient (Wildman–Crippen LogP) is 5.63.